The summed E-state index contributed by atoms with van der Waals surface area (Å²) in [7, 11) is 2.15. The molecule has 17 heavy (non-hydrogen) atoms. The van der Waals surface area contributed by atoms with Crippen molar-refractivity contribution >= 4 is 11.5 Å². The predicted octanol–water partition coefficient (Wildman–Crippen LogP) is 1.11. The Morgan fingerprint density at radius 1 is 1.35 bits per heavy atom. The first-order valence-electron chi connectivity index (χ1n) is 5.98. The van der Waals surface area contributed by atoms with E-state index < -0.39 is 0 Å². The molecule has 4 nitrogen and oxygen atoms in total. The third kappa shape index (κ3) is 2.42. The van der Waals surface area contributed by atoms with E-state index >= 15 is 0 Å². The highest BCUT2D eigenvalue weighted by Gasteiger charge is 2.22. The Hall–Kier alpha value is -1.55. The largest absolute Gasteiger partial charge is 0.384 e. The van der Waals surface area contributed by atoms with Crippen LogP contribution in [0, 0.1) is 5.41 Å². The van der Waals surface area contributed by atoms with Gasteiger partial charge in [0.1, 0.15) is 5.84 Å². The summed E-state index contributed by atoms with van der Waals surface area (Å²) in [6.45, 7) is 5.25. The molecule has 0 aliphatic carbocycles. The SMILES string of the molecule is CC1CN(c2ccccc2C(=N)N)CCN1C. The quantitative estimate of drug-likeness (QED) is 0.593. The topological polar surface area (TPSA) is 56.4 Å². The van der Waals surface area contributed by atoms with Gasteiger partial charge in [0, 0.05) is 36.9 Å². The molecule has 1 heterocycles. The van der Waals surface area contributed by atoms with Crippen molar-refractivity contribution in [3.8, 4) is 0 Å². The summed E-state index contributed by atoms with van der Waals surface area (Å²) in [5, 5.41) is 7.63. The summed E-state index contributed by atoms with van der Waals surface area (Å²) in [6.07, 6.45) is 0. The number of rotatable bonds is 2. The molecule has 0 saturated carbocycles. The lowest BCUT2D eigenvalue weighted by atomic mass is 10.1. The maximum Gasteiger partial charge on any atom is 0.124 e. The average Bonchev–Trinajstić information content (AvgIpc) is 2.32. The number of para-hydroxylation sites is 1. The van der Waals surface area contributed by atoms with Crippen molar-refractivity contribution in [2.75, 3.05) is 31.6 Å². The minimum Gasteiger partial charge on any atom is -0.384 e. The highest BCUT2D eigenvalue weighted by atomic mass is 15.3. The van der Waals surface area contributed by atoms with Crippen molar-refractivity contribution in [3.63, 3.8) is 0 Å². The molecule has 1 unspecified atom stereocenters. The van der Waals surface area contributed by atoms with Crippen molar-refractivity contribution in [3.05, 3.63) is 29.8 Å². The van der Waals surface area contributed by atoms with Crippen LogP contribution in [0.3, 0.4) is 0 Å². The van der Waals surface area contributed by atoms with E-state index in [1.807, 2.05) is 18.2 Å². The fraction of sp³-hybridized carbons (Fsp3) is 0.462. The summed E-state index contributed by atoms with van der Waals surface area (Å²) in [4.78, 5) is 4.67. The third-order valence-corrected chi connectivity index (χ3v) is 3.49. The minimum atomic E-state index is 0.146. The first-order valence-corrected chi connectivity index (χ1v) is 5.98. The second-order valence-corrected chi connectivity index (χ2v) is 4.71. The van der Waals surface area contributed by atoms with Crippen LogP contribution in [-0.4, -0.2) is 43.5 Å². The van der Waals surface area contributed by atoms with Gasteiger partial charge in [-0.2, -0.15) is 0 Å². The van der Waals surface area contributed by atoms with Gasteiger partial charge in [-0.1, -0.05) is 12.1 Å². The molecule has 1 saturated heterocycles. The molecule has 0 aromatic heterocycles. The molecule has 0 amide bonds. The van der Waals surface area contributed by atoms with Crippen LogP contribution < -0.4 is 10.6 Å². The van der Waals surface area contributed by atoms with Crippen LogP contribution in [0.5, 0.6) is 0 Å². The Morgan fingerprint density at radius 2 is 2.06 bits per heavy atom. The van der Waals surface area contributed by atoms with Crippen LogP contribution in [0.25, 0.3) is 0 Å². The summed E-state index contributed by atoms with van der Waals surface area (Å²) >= 11 is 0. The van der Waals surface area contributed by atoms with E-state index in [2.05, 4.69) is 29.8 Å². The van der Waals surface area contributed by atoms with Crippen LogP contribution in [0.2, 0.25) is 0 Å². The van der Waals surface area contributed by atoms with E-state index in [-0.39, 0.29) is 5.84 Å². The van der Waals surface area contributed by atoms with Gasteiger partial charge < -0.3 is 15.5 Å². The Labute approximate surface area is 103 Å². The number of amidine groups is 1. The second kappa shape index (κ2) is 4.75. The molecule has 0 spiro atoms. The van der Waals surface area contributed by atoms with Crippen molar-refractivity contribution in [2.24, 2.45) is 5.73 Å². The van der Waals surface area contributed by atoms with E-state index in [1.165, 1.54) is 0 Å². The number of piperazine rings is 1. The van der Waals surface area contributed by atoms with Gasteiger partial charge in [0.05, 0.1) is 0 Å². The van der Waals surface area contributed by atoms with Crippen LogP contribution in [-0.2, 0) is 0 Å². The number of nitrogen functional groups attached to an aromatic ring is 1. The number of hydrogen-bond donors (Lipinski definition) is 2. The first kappa shape index (κ1) is 11.9. The fourth-order valence-corrected chi connectivity index (χ4v) is 2.24. The lowest BCUT2D eigenvalue weighted by Gasteiger charge is -2.39. The van der Waals surface area contributed by atoms with E-state index in [9.17, 15) is 0 Å². The number of anilines is 1. The second-order valence-electron chi connectivity index (χ2n) is 4.71. The highest BCUT2D eigenvalue weighted by Crippen LogP contribution is 2.22. The van der Waals surface area contributed by atoms with Crippen molar-refractivity contribution < 1.29 is 0 Å². The standard InChI is InChI=1S/C13H20N4/c1-10-9-17(8-7-16(10)2)12-6-4-3-5-11(12)13(14)15/h3-6,10H,7-9H2,1-2H3,(H3,14,15). The Kier molecular flexibility index (Phi) is 3.33. The first-order chi connectivity index (χ1) is 8.09. The Balaban J connectivity index is 2.25. The monoisotopic (exact) mass is 232 g/mol. The van der Waals surface area contributed by atoms with Crippen LogP contribution in [0.4, 0.5) is 5.69 Å². The van der Waals surface area contributed by atoms with E-state index in [4.69, 9.17) is 11.1 Å². The summed E-state index contributed by atoms with van der Waals surface area (Å²) in [5.74, 6) is 0.146. The molecular formula is C13H20N4. The van der Waals surface area contributed by atoms with Crippen molar-refractivity contribution in [2.45, 2.75) is 13.0 Å². The maximum absolute atomic E-state index is 7.63. The lowest BCUT2D eigenvalue weighted by Crippen LogP contribution is -2.50. The van der Waals surface area contributed by atoms with E-state index in [1.54, 1.807) is 0 Å². The molecule has 3 N–H and O–H groups in total. The van der Waals surface area contributed by atoms with Gasteiger partial charge in [0.25, 0.3) is 0 Å². The molecule has 92 valence electrons. The van der Waals surface area contributed by atoms with Gasteiger partial charge in [0.2, 0.25) is 0 Å². The third-order valence-electron chi connectivity index (χ3n) is 3.49. The van der Waals surface area contributed by atoms with Gasteiger partial charge in [0.15, 0.2) is 0 Å². The molecule has 0 bridgehead atoms. The van der Waals surface area contributed by atoms with Crippen molar-refractivity contribution in [1.82, 2.24) is 4.90 Å². The summed E-state index contributed by atoms with van der Waals surface area (Å²) < 4.78 is 0. The normalized spacial score (nSPS) is 21.5. The number of likely N-dealkylation sites (N-methyl/N-ethyl adjacent to an activating group) is 1. The number of nitrogens with zero attached hydrogens (tertiary/aromatic N) is 2. The molecule has 1 atom stereocenters. The van der Waals surface area contributed by atoms with Gasteiger partial charge >= 0.3 is 0 Å². The minimum absolute atomic E-state index is 0.146. The fourth-order valence-electron chi connectivity index (χ4n) is 2.24. The van der Waals surface area contributed by atoms with Crippen LogP contribution in [0.1, 0.15) is 12.5 Å². The van der Waals surface area contributed by atoms with Crippen LogP contribution in [0.15, 0.2) is 24.3 Å². The Morgan fingerprint density at radius 3 is 2.71 bits per heavy atom. The van der Waals surface area contributed by atoms with Gasteiger partial charge in [-0.25, -0.2) is 0 Å². The zero-order chi connectivity index (χ0) is 12.4. The van der Waals surface area contributed by atoms with E-state index in [0.29, 0.717) is 6.04 Å². The number of nitrogens with one attached hydrogen (secondary N) is 1. The van der Waals surface area contributed by atoms with Gasteiger partial charge in [-0.05, 0) is 26.1 Å². The molecule has 1 aromatic carbocycles. The molecule has 1 aliphatic rings. The van der Waals surface area contributed by atoms with Gasteiger partial charge in [-0.3, -0.25) is 5.41 Å². The van der Waals surface area contributed by atoms with E-state index in [0.717, 1.165) is 30.9 Å². The molecule has 2 rings (SSSR count). The van der Waals surface area contributed by atoms with Crippen molar-refractivity contribution in [1.29, 1.82) is 5.41 Å². The smallest absolute Gasteiger partial charge is 0.124 e. The highest BCUT2D eigenvalue weighted by molar-refractivity contribution is 6.00. The Bertz CT molecular complexity index is 416. The molecule has 1 aliphatic heterocycles. The molecule has 1 aromatic rings. The maximum atomic E-state index is 7.63. The summed E-state index contributed by atoms with van der Waals surface area (Å²) in [5.41, 5.74) is 7.55. The number of nitrogens with two attached hydrogens (primary N) is 1. The van der Waals surface area contributed by atoms with Gasteiger partial charge in [-0.15, -0.1) is 0 Å². The molecule has 4 heteroatoms. The molecular weight excluding hydrogens is 212 g/mol. The number of hydrogen-bond acceptors (Lipinski definition) is 3. The molecule has 1 fully saturated rings. The number of benzene rings is 1. The predicted molar refractivity (Wildman–Crippen MR) is 71.8 cm³/mol. The zero-order valence-electron chi connectivity index (χ0n) is 10.5. The average molecular weight is 232 g/mol. The molecule has 0 radical (unpaired) electrons. The summed E-state index contributed by atoms with van der Waals surface area (Å²) in [6, 6.07) is 8.43. The lowest BCUT2D eigenvalue weighted by molar-refractivity contribution is 0.234. The van der Waals surface area contributed by atoms with Crippen LogP contribution >= 0.6 is 0 Å². The zero-order valence-corrected chi connectivity index (χ0v) is 10.5.